The van der Waals surface area contributed by atoms with Gasteiger partial charge < -0.3 is 9.73 Å². The van der Waals surface area contributed by atoms with Gasteiger partial charge in [-0.05, 0) is 55.0 Å². The zero-order chi connectivity index (χ0) is 18.8. The van der Waals surface area contributed by atoms with Crippen LogP contribution in [0.25, 0.3) is 22.7 Å². The SMILES string of the molecule is Cc1cccc(-c2nc3ccc(C(=O)NCc4ccc(Cl)cc4)cc3o2)n1. The van der Waals surface area contributed by atoms with Crippen molar-refractivity contribution in [3.8, 4) is 11.6 Å². The number of rotatable bonds is 4. The average molecular weight is 378 g/mol. The maximum atomic E-state index is 12.4. The van der Waals surface area contributed by atoms with Crippen molar-refractivity contribution in [2.45, 2.75) is 13.5 Å². The number of pyridine rings is 1. The molecule has 0 bridgehead atoms. The van der Waals surface area contributed by atoms with Gasteiger partial charge in [0.25, 0.3) is 5.91 Å². The van der Waals surface area contributed by atoms with Crippen LogP contribution in [0.5, 0.6) is 0 Å². The second-order valence-electron chi connectivity index (χ2n) is 6.17. The second kappa shape index (κ2) is 7.21. The normalized spacial score (nSPS) is 10.9. The fraction of sp³-hybridized carbons (Fsp3) is 0.0952. The van der Waals surface area contributed by atoms with Gasteiger partial charge in [0.1, 0.15) is 11.2 Å². The van der Waals surface area contributed by atoms with Gasteiger partial charge in [0.15, 0.2) is 5.58 Å². The first-order valence-electron chi connectivity index (χ1n) is 8.46. The molecule has 2 heterocycles. The highest BCUT2D eigenvalue weighted by atomic mass is 35.5. The quantitative estimate of drug-likeness (QED) is 0.555. The Hall–Kier alpha value is -3.18. The zero-order valence-corrected chi connectivity index (χ0v) is 15.3. The summed E-state index contributed by atoms with van der Waals surface area (Å²) in [4.78, 5) is 21.3. The maximum Gasteiger partial charge on any atom is 0.251 e. The maximum absolute atomic E-state index is 12.4. The van der Waals surface area contributed by atoms with Crippen LogP contribution in [0.4, 0.5) is 0 Å². The largest absolute Gasteiger partial charge is 0.435 e. The molecule has 0 spiro atoms. The van der Waals surface area contributed by atoms with Crippen LogP contribution in [-0.4, -0.2) is 15.9 Å². The third kappa shape index (κ3) is 3.83. The van der Waals surface area contributed by atoms with Gasteiger partial charge in [0.2, 0.25) is 5.89 Å². The second-order valence-corrected chi connectivity index (χ2v) is 6.61. The summed E-state index contributed by atoms with van der Waals surface area (Å²) < 4.78 is 5.81. The third-order valence-electron chi connectivity index (χ3n) is 4.12. The Morgan fingerprint density at radius 2 is 1.89 bits per heavy atom. The van der Waals surface area contributed by atoms with Crippen LogP contribution in [0.15, 0.2) is 65.1 Å². The molecule has 0 atom stereocenters. The number of benzene rings is 2. The van der Waals surface area contributed by atoms with Crippen LogP contribution >= 0.6 is 11.6 Å². The predicted molar refractivity (Wildman–Crippen MR) is 105 cm³/mol. The number of fused-ring (bicyclic) bond motifs is 1. The Morgan fingerprint density at radius 1 is 1.07 bits per heavy atom. The van der Waals surface area contributed by atoms with Gasteiger partial charge in [-0.2, -0.15) is 0 Å². The number of hydrogen-bond donors (Lipinski definition) is 1. The van der Waals surface area contributed by atoms with E-state index in [4.69, 9.17) is 16.0 Å². The van der Waals surface area contributed by atoms with E-state index in [0.29, 0.717) is 39.8 Å². The molecule has 2 aromatic heterocycles. The molecule has 0 aliphatic rings. The monoisotopic (exact) mass is 377 g/mol. The van der Waals surface area contributed by atoms with Crippen molar-refractivity contribution in [3.63, 3.8) is 0 Å². The van der Waals surface area contributed by atoms with E-state index in [2.05, 4.69) is 15.3 Å². The number of amides is 1. The van der Waals surface area contributed by atoms with Gasteiger partial charge in [0, 0.05) is 22.8 Å². The highest BCUT2D eigenvalue weighted by Gasteiger charge is 2.13. The van der Waals surface area contributed by atoms with E-state index in [1.165, 1.54) is 0 Å². The summed E-state index contributed by atoms with van der Waals surface area (Å²) >= 11 is 5.87. The molecule has 1 amide bonds. The molecule has 0 saturated heterocycles. The number of aryl methyl sites for hydroxylation is 1. The molecule has 4 rings (SSSR count). The molecule has 0 saturated carbocycles. The Balaban J connectivity index is 1.54. The van der Waals surface area contributed by atoms with Crippen molar-refractivity contribution in [1.29, 1.82) is 0 Å². The average Bonchev–Trinajstić information content (AvgIpc) is 3.11. The molecule has 27 heavy (non-hydrogen) atoms. The molecule has 4 aromatic rings. The lowest BCUT2D eigenvalue weighted by Crippen LogP contribution is -2.22. The minimum atomic E-state index is -0.182. The van der Waals surface area contributed by atoms with Crippen molar-refractivity contribution < 1.29 is 9.21 Å². The molecule has 0 aliphatic heterocycles. The van der Waals surface area contributed by atoms with E-state index >= 15 is 0 Å². The van der Waals surface area contributed by atoms with Crippen LogP contribution in [-0.2, 0) is 6.54 Å². The molecule has 2 aromatic carbocycles. The molecule has 0 radical (unpaired) electrons. The lowest BCUT2D eigenvalue weighted by Gasteiger charge is -2.05. The minimum absolute atomic E-state index is 0.182. The first-order valence-corrected chi connectivity index (χ1v) is 8.83. The predicted octanol–water partition coefficient (Wildman–Crippen LogP) is 4.78. The summed E-state index contributed by atoms with van der Waals surface area (Å²) in [5.74, 6) is 0.255. The van der Waals surface area contributed by atoms with Crippen LogP contribution in [0.2, 0.25) is 5.02 Å². The number of halogens is 1. The van der Waals surface area contributed by atoms with Crippen LogP contribution in [0.1, 0.15) is 21.6 Å². The zero-order valence-electron chi connectivity index (χ0n) is 14.6. The Bertz CT molecular complexity index is 1120. The Morgan fingerprint density at radius 3 is 2.67 bits per heavy atom. The lowest BCUT2D eigenvalue weighted by molar-refractivity contribution is 0.0951. The summed E-state index contributed by atoms with van der Waals surface area (Å²) in [6.07, 6.45) is 0. The van der Waals surface area contributed by atoms with E-state index in [-0.39, 0.29) is 5.91 Å². The van der Waals surface area contributed by atoms with Gasteiger partial charge in [-0.15, -0.1) is 0 Å². The number of hydrogen-bond acceptors (Lipinski definition) is 4. The number of carbonyl (C=O) groups is 1. The molecule has 0 fully saturated rings. The number of carbonyl (C=O) groups excluding carboxylic acids is 1. The molecule has 0 unspecified atom stereocenters. The number of nitrogens with one attached hydrogen (secondary N) is 1. The molecule has 1 N–H and O–H groups in total. The highest BCUT2D eigenvalue weighted by molar-refractivity contribution is 6.30. The van der Waals surface area contributed by atoms with Crippen molar-refractivity contribution in [2.75, 3.05) is 0 Å². The van der Waals surface area contributed by atoms with E-state index in [0.717, 1.165) is 11.3 Å². The minimum Gasteiger partial charge on any atom is -0.435 e. The third-order valence-corrected chi connectivity index (χ3v) is 4.38. The Labute approximate surface area is 161 Å². The molecular weight excluding hydrogens is 362 g/mol. The van der Waals surface area contributed by atoms with E-state index in [9.17, 15) is 4.79 Å². The number of nitrogens with zero attached hydrogens (tertiary/aromatic N) is 2. The van der Waals surface area contributed by atoms with Crippen LogP contribution < -0.4 is 5.32 Å². The van der Waals surface area contributed by atoms with Crippen molar-refractivity contribution in [1.82, 2.24) is 15.3 Å². The first kappa shape index (κ1) is 17.2. The molecule has 134 valence electrons. The highest BCUT2D eigenvalue weighted by Crippen LogP contribution is 2.24. The summed E-state index contributed by atoms with van der Waals surface area (Å²) in [7, 11) is 0. The fourth-order valence-corrected chi connectivity index (χ4v) is 2.85. The van der Waals surface area contributed by atoms with E-state index in [1.807, 2.05) is 37.3 Å². The molecule has 6 heteroatoms. The van der Waals surface area contributed by atoms with Gasteiger partial charge >= 0.3 is 0 Å². The van der Waals surface area contributed by atoms with Gasteiger partial charge in [0.05, 0.1) is 0 Å². The van der Waals surface area contributed by atoms with Crippen LogP contribution in [0.3, 0.4) is 0 Å². The van der Waals surface area contributed by atoms with E-state index < -0.39 is 0 Å². The summed E-state index contributed by atoms with van der Waals surface area (Å²) in [5.41, 5.74) is 4.27. The molecule has 0 aliphatic carbocycles. The van der Waals surface area contributed by atoms with Crippen molar-refractivity contribution in [3.05, 3.63) is 82.5 Å². The Kier molecular flexibility index (Phi) is 4.60. The van der Waals surface area contributed by atoms with Gasteiger partial charge in [-0.3, -0.25) is 4.79 Å². The standard InChI is InChI=1S/C21H16ClN3O2/c1-13-3-2-4-18(24-13)21-25-17-10-7-15(11-19(17)27-21)20(26)23-12-14-5-8-16(22)9-6-14/h2-11H,12H2,1H3,(H,23,26). The lowest BCUT2D eigenvalue weighted by atomic mass is 10.2. The van der Waals surface area contributed by atoms with Crippen LogP contribution in [0, 0.1) is 6.92 Å². The van der Waals surface area contributed by atoms with Crippen molar-refractivity contribution >= 4 is 28.6 Å². The molecule has 5 nitrogen and oxygen atoms in total. The number of aromatic nitrogens is 2. The topological polar surface area (TPSA) is 68.0 Å². The van der Waals surface area contributed by atoms with Crippen molar-refractivity contribution in [2.24, 2.45) is 0 Å². The van der Waals surface area contributed by atoms with Gasteiger partial charge in [-0.1, -0.05) is 29.8 Å². The number of oxazole rings is 1. The van der Waals surface area contributed by atoms with Gasteiger partial charge in [-0.25, -0.2) is 9.97 Å². The molecular formula is C21H16ClN3O2. The first-order chi connectivity index (χ1) is 13.1. The summed E-state index contributed by atoms with van der Waals surface area (Å²) in [6, 6.07) is 18.2. The van der Waals surface area contributed by atoms with E-state index in [1.54, 1.807) is 30.3 Å². The smallest absolute Gasteiger partial charge is 0.251 e. The fourth-order valence-electron chi connectivity index (χ4n) is 2.72. The summed E-state index contributed by atoms with van der Waals surface area (Å²) in [5, 5.41) is 3.56. The summed E-state index contributed by atoms with van der Waals surface area (Å²) in [6.45, 7) is 2.33.